The quantitative estimate of drug-likeness (QED) is 0.786. The largest absolute Gasteiger partial charge is 0.496 e. The number of hydrogen-bond donors (Lipinski definition) is 1. The number of para-hydroxylation sites is 1. The molecule has 2 aromatic heterocycles. The zero-order valence-electron chi connectivity index (χ0n) is 16.1. The van der Waals surface area contributed by atoms with Crippen molar-refractivity contribution in [2.75, 3.05) is 7.04 Å². The number of nitrogens with zero attached hydrogens (tertiary/aromatic N) is 3. The van der Waals surface area contributed by atoms with Crippen LogP contribution in [0.5, 0.6) is 5.75 Å². The van der Waals surface area contributed by atoms with Gasteiger partial charge in [0.25, 0.3) is 0 Å². The topological polar surface area (TPSA) is 63.7 Å². The lowest BCUT2D eigenvalue weighted by molar-refractivity contribution is 0.404. The van der Waals surface area contributed by atoms with Gasteiger partial charge in [0.2, 0.25) is 0 Å². The van der Waals surface area contributed by atoms with Gasteiger partial charge in [0.05, 0.1) is 17.5 Å². The molecule has 5 nitrogen and oxygen atoms in total. The van der Waals surface area contributed by atoms with E-state index in [0.717, 1.165) is 22.5 Å². The number of ether oxygens (including phenoxy) is 1. The Bertz CT molecular complexity index is 878. The second-order valence-corrected chi connectivity index (χ2v) is 5.45. The summed E-state index contributed by atoms with van der Waals surface area (Å²) in [5, 5.41) is 0. The Kier molecular flexibility index (Phi) is 3.39. The highest BCUT2D eigenvalue weighted by atomic mass is 16.5. The number of imidazole rings is 1. The molecule has 0 amide bonds. The summed E-state index contributed by atoms with van der Waals surface area (Å²) in [5.74, 6) is 0.885. The zero-order valence-corrected chi connectivity index (χ0v) is 13.1. The Morgan fingerprint density at radius 3 is 2.96 bits per heavy atom. The number of hydrogen-bond acceptors (Lipinski definition) is 4. The van der Waals surface area contributed by atoms with Crippen LogP contribution in [-0.2, 0) is 6.42 Å². The van der Waals surface area contributed by atoms with Crippen LogP contribution in [0.2, 0.25) is 0 Å². The minimum atomic E-state index is -2.52. The number of aromatic nitrogens is 4. The Morgan fingerprint density at radius 2 is 2.22 bits per heavy atom. The Balaban J connectivity index is 2.07. The van der Waals surface area contributed by atoms with Crippen molar-refractivity contribution >= 4 is 0 Å². The number of nitrogens with one attached hydrogen (secondary N) is 1. The van der Waals surface area contributed by atoms with E-state index < -0.39 is 7.04 Å². The summed E-state index contributed by atoms with van der Waals surface area (Å²) in [6.07, 6.45) is 5.62. The highest BCUT2D eigenvalue weighted by molar-refractivity contribution is 5.46. The van der Waals surface area contributed by atoms with Crippen LogP contribution in [0.4, 0.5) is 0 Å². The molecule has 0 saturated carbocycles. The molecule has 0 radical (unpaired) electrons. The van der Waals surface area contributed by atoms with Crippen molar-refractivity contribution in [2.24, 2.45) is 0 Å². The van der Waals surface area contributed by atoms with Gasteiger partial charge in [-0.3, -0.25) is 0 Å². The molecule has 3 rings (SSSR count). The first-order valence-corrected chi connectivity index (χ1v) is 7.39. The van der Waals surface area contributed by atoms with Gasteiger partial charge in [-0.1, -0.05) is 18.2 Å². The van der Waals surface area contributed by atoms with E-state index in [2.05, 4.69) is 19.9 Å². The third-order valence-corrected chi connectivity index (χ3v) is 3.86. The van der Waals surface area contributed by atoms with E-state index in [1.54, 1.807) is 18.7 Å². The van der Waals surface area contributed by atoms with Crippen LogP contribution in [0.1, 0.15) is 38.4 Å². The van der Waals surface area contributed by atoms with Crippen LogP contribution < -0.4 is 4.74 Å². The van der Waals surface area contributed by atoms with Gasteiger partial charge >= 0.3 is 0 Å². The van der Waals surface area contributed by atoms with E-state index in [-0.39, 0.29) is 5.92 Å². The number of aromatic amines is 1. The fraction of sp³-hybridized carbons (Fsp3) is 0.278. The van der Waals surface area contributed by atoms with Gasteiger partial charge in [-0.25, -0.2) is 15.0 Å². The van der Waals surface area contributed by atoms with Gasteiger partial charge in [0.1, 0.15) is 11.6 Å². The van der Waals surface area contributed by atoms with Crippen LogP contribution in [-0.4, -0.2) is 27.0 Å². The van der Waals surface area contributed by atoms with E-state index in [0.29, 0.717) is 18.0 Å². The van der Waals surface area contributed by atoms with E-state index in [9.17, 15) is 0 Å². The van der Waals surface area contributed by atoms with E-state index >= 15 is 0 Å². The summed E-state index contributed by atoms with van der Waals surface area (Å²) in [7, 11) is -2.52. The summed E-state index contributed by atoms with van der Waals surface area (Å²) >= 11 is 0. The van der Waals surface area contributed by atoms with Crippen molar-refractivity contribution in [3.63, 3.8) is 0 Å². The highest BCUT2D eigenvalue weighted by Crippen LogP contribution is 2.35. The molecule has 1 aromatic carbocycles. The molecule has 5 heteroatoms. The molecule has 2 heterocycles. The summed E-state index contributed by atoms with van der Waals surface area (Å²) in [4.78, 5) is 15.9. The number of methoxy groups -OCH3 is 1. The monoisotopic (exact) mass is 311 g/mol. The van der Waals surface area contributed by atoms with Crippen molar-refractivity contribution in [3.05, 3.63) is 71.3 Å². The van der Waals surface area contributed by atoms with Gasteiger partial charge < -0.3 is 9.72 Å². The average molecular weight is 311 g/mol. The molecule has 118 valence electrons. The third kappa shape index (κ3) is 3.23. The highest BCUT2D eigenvalue weighted by Gasteiger charge is 2.21. The maximum atomic E-state index is 7.50. The van der Waals surface area contributed by atoms with Gasteiger partial charge in [-0.15, -0.1) is 0 Å². The van der Waals surface area contributed by atoms with Crippen molar-refractivity contribution in [1.29, 1.82) is 0 Å². The van der Waals surface area contributed by atoms with Crippen LogP contribution >= 0.6 is 0 Å². The molecular weight excluding hydrogens is 288 g/mol. The second kappa shape index (κ2) is 6.60. The molecule has 1 N–H and O–H groups in total. The Hall–Kier alpha value is -2.69. The molecule has 0 aliphatic carbocycles. The minimum absolute atomic E-state index is 0.177. The van der Waals surface area contributed by atoms with Crippen molar-refractivity contribution in [1.82, 2.24) is 19.9 Å². The lowest BCUT2D eigenvalue weighted by atomic mass is 9.89. The van der Waals surface area contributed by atoms with Crippen molar-refractivity contribution < 1.29 is 8.85 Å². The van der Waals surface area contributed by atoms with Crippen LogP contribution in [0.25, 0.3) is 0 Å². The van der Waals surface area contributed by atoms with E-state index in [4.69, 9.17) is 8.85 Å². The van der Waals surface area contributed by atoms with Gasteiger partial charge in [0.15, 0.2) is 0 Å². The summed E-state index contributed by atoms with van der Waals surface area (Å²) in [6.45, 7) is 3.67. The molecule has 0 aliphatic heterocycles. The maximum Gasteiger partial charge on any atom is 0.125 e. The molecule has 0 bridgehead atoms. The molecule has 0 aliphatic rings. The normalized spacial score (nSPS) is 14.6. The molecule has 1 atom stereocenters. The van der Waals surface area contributed by atoms with Gasteiger partial charge in [-0.2, -0.15) is 0 Å². The van der Waals surface area contributed by atoms with Crippen LogP contribution in [0, 0.1) is 13.8 Å². The first-order valence-electron chi connectivity index (χ1n) is 8.89. The second-order valence-electron chi connectivity index (χ2n) is 5.45. The lowest BCUT2D eigenvalue weighted by Gasteiger charge is -2.20. The fourth-order valence-corrected chi connectivity index (χ4v) is 2.76. The number of H-pyrrole nitrogens is 1. The molecular formula is C18H20N4O. The molecule has 0 fully saturated rings. The maximum absolute atomic E-state index is 7.50. The predicted molar refractivity (Wildman–Crippen MR) is 88.6 cm³/mol. The Morgan fingerprint density at radius 1 is 1.30 bits per heavy atom. The zero-order chi connectivity index (χ0) is 18.7. The average Bonchev–Trinajstić information content (AvgIpc) is 3.08. The standard InChI is InChI=1S/C18H20N4O/c1-12-5-4-6-15(18(12)23-3)16(17-10-19-11-21-17)9-14-7-8-20-13(2)22-14/h4-8,10-11,16H,9H2,1-3H3,(H,19,21)/i3D3. The summed E-state index contributed by atoms with van der Waals surface area (Å²) in [6, 6.07) is 7.47. The first kappa shape index (κ1) is 11.8. The fourth-order valence-electron chi connectivity index (χ4n) is 2.76. The van der Waals surface area contributed by atoms with Gasteiger partial charge in [-0.05, 0) is 25.5 Å². The molecule has 23 heavy (non-hydrogen) atoms. The summed E-state index contributed by atoms with van der Waals surface area (Å²) < 4.78 is 27.8. The minimum Gasteiger partial charge on any atom is -0.496 e. The number of rotatable bonds is 5. The summed E-state index contributed by atoms with van der Waals surface area (Å²) in [5.41, 5.74) is 3.27. The molecule has 3 aromatic rings. The van der Waals surface area contributed by atoms with E-state index in [1.807, 2.05) is 38.1 Å². The van der Waals surface area contributed by atoms with Gasteiger partial charge in [0, 0.05) is 41.7 Å². The van der Waals surface area contributed by atoms with Crippen molar-refractivity contribution in [2.45, 2.75) is 26.2 Å². The lowest BCUT2D eigenvalue weighted by Crippen LogP contribution is -2.10. The third-order valence-electron chi connectivity index (χ3n) is 3.86. The van der Waals surface area contributed by atoms with E-state index in [1.165, 1.54) is 0 Å². The number of aryl methyl sites for hydroxylation is 2. The smallest absolute Gasteiger partial charge is 0.125 e. The van der Waals surface area contributed by atoms with Crippen LogP contribution in [0.15, 0.2) is 43.0 Å². The Labute approximate surface area is 140 Å². The van der Waals surface area contributed by atoms with Crippen LogP contribution in [0.3, 0.4) is 0 Å². The molecule has 0 spiro atoms. The molecule has 0 saturated heterocycles. The SMILES string of the molecule is [2H]C([2H])([2H])Oc1c(C)cccc1C(Cc1ccnc(C)n1)c1cnc[nH]1. The molecule has 1 unspecified atom stereocenters. The predicted octanol–water partition coefficient (Wildman–Crippen LogP) is 3.20. The first-order chi connectivity index (χ1) is 12.3. The van der Waals surface area contributed by atoms with Crippen molar-refractivity contribution in [3.8, 4) is 5.75 Å². The number of benzene rings is 1.